The van der Waals surface area contributed by atoms with E-state index in [-0.39, 0.29) is 0 Å². The first-order valence-electron chi connectivity index (χ1n) is 6.00. The average Bonchev–Trinajstić information content (AvgIpc) is 2.80. The second-order valence-electron chi connectivity index (χ2n) is 4.80. The lowest BCUT2D eigenvalue weighted by atomic mass is 10.2. The Morgan fingerprint density at radius 3 is 2.78 bits per heavy atom. The summed E-state index contributed by atoms with van der Waals surface area (Å²) in [6.45, 7) is 3.17. The first-order chi connectivity index (χ1) is 8.58. The van der Waals surface area contributed by atoms with Gasteiger partial charge in [-0.25, -0.2) is 4.63 Å². The van der Waals surface area contributed by atoms with E-state index >= 15 is 0 Å². The largest absolute Gasteiger partial charge is 0.397 e. The van der Waals surface area contributed by atoms with Crippen molar-refractivity contribution < 1.29 is 4.63 Å². The summed E-state index contributed by atoms with van der Waals surface area (Å²) in [4.78, 5) is 2.16. The lowest BCUT2D eigenvalue weighted by molar-refractivity contribution is 0.315. The van der Waals surface area contributed by atoms with Crippen molar-refractivity contribution in [3.05, 3.63) is 12.1 Å². The quantitative estimate of drug-likeness (QED) is 0.783. The predicted molar refractivity (Wildman–Crippen MR) is 72.5 cm³/mol. The molecule has 0 saturated heterocycles. The van der Waals surface area contributed by atoms with Crippen LogP contribution in [0.15, 0.2) is 16.8 Å². The summed E-state index contributed by atoms with van der Waals surface area (Å²) in [5.41, 5.74) is 8.59. The molecule has 6 nitrogen and oxygen atoms in total. The van der Waals surface area contributed by atoms with Crippen LogP contribution in [0.3, 0.4) is 0 Å². The van der Waals surface area contributed by atoms with E-state index in [0.29, 0.717) is 22.8 Å². The molecular formula is C12H19N5O. The first kappa shape index (κ1) is 12.6. The van der Waals surface area contributed by atoms with Crippen LogP contribution in [0.2, 0.25) is 0 Å². The van der Waals surface area contributed by atoms with Crippen molar-refractivity contribution in [2.24, 2.45) is 0 Å². The molecule has 98 valence electrons. The lowest BCUT2D eigenvalue weighted by Crippen LogP contribution is -2.23. The lowest BCUT2D eigenvalue weighted by Gasteiger charge is -2.17. The van der Waals surface area contributed by atoms with Gasteiger partial charge in [-0.2, -0.15) is 0 Å². The van der Waals surface area contributed by atoms with Crippen molar-refractivity contribution in [2.75, 3.05) is 31.7 Å². The summed E-state index contributed by atoms with van der Waals surface area (Å²) in [5.74, 6) is 0. The molecule has 0 saturated carbocycles. The molecule has 2 aromatic rings. The number of anilines is 2. The molecule has 0 spiro atoms. The number of rotatable bonds is 5. The van der Waals surface area contributed by atoms with Gasteiger partial charge in [0.25, 0.3) is 0 Å². The number of nitrogens with two attached hydrogens (primary N) is 1. The molecule has 0 aliphatic rings. The molecule has 0 bridgehead atoms. The van der Waals surface area contributed by atoms with E-state index in [1.807, 2.05) is 12.1 Å². The normalized spacial score (nSPS) is 13.1. The van der Waals surface area contributed by atoms with E-state index < -0.39 is 0 Å². The van der Waals surface area contributed by atoms with E-state index in [9.17, 15) is 0 Å². The van der Waals surface area contributed by atoms with Gasteiger partial charge in [-0.05, 0) is 56.4 Å². The zero-order valence-electron chi connectivity index (χ0n) is 11.0. The molecular weight excluding hydrogens is 230 g/mol. The number of nitrogens with zero attached hydrogens (tertiary/aromatic N) is 3. The molecule has 0 fully saturated rings. The maximum Gasteiger partial charge on any atom is 0.160 e. The molecule has 0 amide bonds. The minimum Gasteiger partial charge on any atom is -0.397 e. The number of hydrogen-bond donors (Lipinski definition) is 2. The second kappa shape index (κ2) is 5.22. The third-order valence-corrected chi connectivity index (χ3v) is 2.86. The Hall–Kier alpha value is -1.82. The first-order valence-corrected chi connectivity index (χ1v) is 6.00. The molecule has 3 N–H and O–H groups in total. The molecule has 0 aliphatic heterocycles. The number of benzene rings is 1. The molecule has 1 atom stereocenters. The standard InChI is InChI=1S/C12H19N5O/c1-8(6-7-17(2)3)14-10-5-4-9(13)11-12(10)16-18-15-11/h4-5,8,14H,6-7,13H2,1-3H3. The highest BCUT2D eigenvalue weighted by atomic mass is 16.6. The second-order valence-corrected chi connectivity index (χ2v) is 4.80. The van der Waals surface area contributed by atoms with Crippen LogP contribution >= 0.6 is 0 Å². The summed E-state index contributed by atoms with van der Waals surface area (Å²) in [6, 6.07) is 4.07. The highest BCUT2D eigenvalue weighted by Crippen LogP contribution is 2.25. The van der Waals surface area contributed by atoms with Gasteiger partial charge in [-0.1, -0.05) is 0 Å². The predicted octanol–water partition coefficient (Wildman–Crippen LogP) is 1.56. The topological polar surface area (TPSA) is 80.2 Å². The van der Waals surface area contributed by atoms with Gasteiger partial charge in [-0.3, -0.25) is 0 Å². The summed E-state index contributed by atoms with van der Waals surface area (Å²) in [6.07, 6.45) is 1.05. The SMILES string of the molecule is CC(CCN(C)C)Nc1ccc(N)c2nonc12. The molecule has 1 unspecified atom stereocenters. The van der Waals surface area contributed by atoms with Crippen molar-refractivity contribution in [2.45, 2.75) is 19.4 Å². The number of nitrogen functional groups attached to an aromatic ring is 1. The van der Waals surface area contributed by atoms with Gasteiger partial charge >= 0.3 is 0 Å². The van der Waals surface area contributed by atoms with Gasteiger partial charge in [0.05, 0.1) is 11.4 Å². The maximum absolute atomic E-state index is 5.80. The third-order valence-electron chi connectivity index (χ3n) is 2.86. The fourth-order valence-electron chi connectivity index (χ4n) is 1.79. The van der Waals surface area contributed by atoms with Crippen LogP contribution in [-0.4, -0.2) is 41.9 Å². The van der Waals surface area contributed by atoms with E-state index in [4.69, 9.17) is 10.4 Å². The maximum atomic E-state index is 5.80. The Balaban J connectivity index is 2.12. The van der Waals surface area contributed by atoms with Crippen molar-refractivity contribution in [1.82, 2.24) is 15.2 Å². The number of fused-ring (bicyclic) bond motifs is 1. The molecule has 18 heavy (non-hydrogen) atoms. The van der Waals surface area contributed by atoms with Crippen molar-refractivity contribution >= 4 is 22.4 Å². The summed E-state index contributed by atoms with van der Waals surface area (Å²) < 4.78 is 4.74. The number of aromatic nitrogens is 2. The third kappa shape index (κ3) is 2.70. The van der Waals surface area contributed by atoms with Gasteiger partial charge in [0.1, 0.15) is 0 Å². The Labute approximate surface area is 106 Å². The van der Waals surface area contributed by atoms with Gasteiger partial charge in [0.2, 0.25) is 0 Å². The molecule has 1 heterocycles. The minimum absolute atomic E-state index is 0.343. The van der Waals surface area contributed by atoms with Crippen molar-refractivity contribution in [1.29, 1.82) is 0 Å². The minimum atomic E-state index is 0.343. The van der Waals surface area contributed by atoms with Crippen LogP contribution in [0, 0.1) is 0 Å². The Kier molecular flexibility index (Phi) is 3.66. The molecule has 6 heteroatoms. The molecule has 0 aliphatic carbocycles. The highest BCUT2D eigenvalue weighted by Gasteiger charge is 2.11. The van der Waals surface area contributed by atoms with Crippen LogP contribution in [0.4, 0.5) is 11.4 Å². The van der Waals surface area contributed by atoms with Crippen LogP contribution in [-0.2, 0) is 0 Å². The highest BCUT2D eigenvalue weighted by molar-refractivity contribution is 5.94. The van der Waals surface area contributed by atoms with E-state index in [0.717, 1.165) is 18.7 Å². The smallest absolute Gasteiger partial charge is 0.160 e. The van der Waals surface area contributed by atoms with E-state index in [1.54, 1.807) is 0 Å². The van der Waals surface area contributed by atoms with E-state index in [1.165, 1.54) is 0 Å². The summed E-state index contributed by atoms with van der Waals surface area (Å²) in [7, 11) is 4.13. The zero-order valence-corrected chi connectivity index (χ0v) is 11.0. The van der Waals surface area contributed by atoms with Crippen molar-refractivity contribution in [3.8, 4) is 0 Å². The van der Waals surface area contributed by atoms with Gasteiger partial charge in [0.15, 0.2) is 11.0 Å². The molecule has 1 aromatic carbocycles. The number of nitrogens with one attached hydrogen (secondary N) is 1. The summed E-state index contributed by atoms with van der Waals surface area (Å²) >= 11 is 0. The molecule has 2 rings (SSSR count). The van der Waals surface area contributed by atoms with Crippen LogP contribution < -0.4 is 11.1 Å². The zero-order chi connectivity index (χ0) is 13.1. The molecule has 1 aromatic heterocycles. The Morgan fingerprint density at radius 1 is 1.33 bits per heavy atom. The Bertz CT molecular complexity index is 522. The van der Waals surface area contributed by atoms with Gasteiger partial charge in [-0.15, -0.1) is 0 Å². The fourth-order valence-corrected chi connectivity index (χ4v) is 1.79. The molecule has 0 radical (unpaired) electrons. The fraction of sp³-hybridized carbons (Fsp3) is 0.500. The van der Waals surface area contributed by atoms with Gasteiger partial charge in [0, 0.05) is 6.04 Å². The van der Waals surface area contributed by atoms with E-state index in [2.05, 4.69) is 41.5 Å². The van der Waals surface area contributed by atoms with Crippen molar-refractivity contribution in [3.63, 3.8) is 0 Å². The van der Waals surface area contributed by atoms with Crippen LogP contribution in [0.1, 0.15) is 13.3 Å². The monoisotopic (exact) mass is 249 g/mol. The summed E-state index contributed by atoms with van der Waals surface area (Å²) in [5, 5.41) is 11.1. The Morgan fingerprint density at radius 2 is 2.06 bits per heavy atom. The van der Waals surface area contributed by atoms with Crippen LogP contribution in [0.5, 0.6) is 0 Å². The number of hydrogen-bond acceptors (Lipinski definition) is 6. The van der Waals surface area contributed by atoms with Crippen LogP contribution in [0.25, 0.3) is 11.0 Å². The van der Waals surface area contributed by atoms with Gasteiger partial charge < -0.3 is 16.0 Å². The average molecular weight is 249 g/mol.